The molecule has 2 N–H and O–H groups in total. The number of anilines is 2. The Kier molecular flexibility index (Phi) is 6.36. The van der Waals surface area contributed by atoms with E-state index in [1.165, 1.54) is 49.4 Å². The third-order valence-electron chi connectivity index (χ3n) is 4.01. The fraction of sp³-hybridized carbons (Fsp3) is 0.0909. The molecule has 2 amide bonds. The Bertz CT molecular complexity index is 1100. The number of nitrogens with one attached hydrogen (secondary N) is 2. The van der Waals surface area contributed by atoms with Crippen LogP contribution in [0.4, 0.5) is 24.5 Å². The van der Waals surface area contributed by atoms with E-state index in [1.807, 2.05) is 0 Å². The molecule has 0 heterocycles. The Hall–Kier alpha value is -3.81. The van der Waals surface area contributed by atoms with Crippen LogP contribution in [0.2, 0.25) is 0 Å². The lowest BCUT2D eigenvalue weighted by atomic mass is 10.1. The highest BCUT2D eigenvalue weighted by molar-refractivity contribution is 6.05. The Balaban J connectivity index is 1.68. The lowest BCUT2D eigenvalue weighted by Crippen LogP contribution is -2.14. The summed E-state index contributed by atoms with van der Waals surface area (Å²) in [6.07, 6.45) is 0. The Morgan fingerprint density at radius 1 is 0.900 bits per heavy atom. The number of carbonyl (C=O) groups excluding carboxylic acids is 2. The van der Waals surface area contributed by atoms with Gasteiger partial charge in [0.25, 0.3) is 5.91 Å². The van der Waals surface area contributed by atoms with E-state index in [4.69, 9.17) is 4.74 Å². The van der Waals surface area contributed by atoms with E-state index in [-0.39, 0.29) is 29.3 Å². The molecule has 0 unspecified atom stereocenters. The first-order valence-electron chi connectivity index (χ1n) is 8.87. The molecule has 0 saturated carbocycles. The first kappa shape index (κ1) is 20.9. The van der Waals surface area contributed by atoms with Crippen LogP contribution in [-0.2, 0) is 11.4 Å². The molecule has 0 aliphatic heterocycles. The Morgan fingerprint density at radius 2 is 1.70 bits per heavy atom. The predicted molar refractivity (Wildman–Crippen MR) is 106 cm³/mol. The molecule has 0 bridgehead atoms. The van der Waals surface area contributed by atoms with Gasteiger partial charge in [-0.1, -0.05) is 12.1 Å². The van der Waals surface area contributed by atoms with Gasteiger partial charge in [0.1, 0.15) is 18.2 Å². The van der Waals surface area contributed by atoms with E-state index in [0.29, 0.717) is 5.56 Å². The maximum absolute atomic E-state index is 14.3. The van der Waals surface area contributed by atoms with Crippen molar-refractivity contribution in [2.75, 3.05) is 10.6 Å². The van der Waals surface area contributed by atoms with Gasteiger partial charge in [-0.2, -0.15) is 0 Å². The quantitative estimate of drug-likeness (QED) is 0.603. The van der Waals surface area contributed by atoms with Crippen LogP contribution in [0.5, 0.6) is 5.75 Å². The fourth-order valence-electron chi connectivity index (χ4n) is 2.64. The minimum atomic E-state index is -0.720. The van der Waals surface area contributed by atoms with Crippen molar-refractivity contribution < 1.29 is 27.5 Å². The molecule has 5 nitrogen and oxygen atoms in total. The van der Waals surface area contributed by atoms with Crippen LogP contribution in [0.3, 0.4) is 0 Å². The molecular formula is C22H17F3N2O3. The molecule has 0 spiro atoms. The van der Waals surface area contributed by atoms with E-state index < -0.39 is 29.3 Å². The summed E-state index contributed by atoms with van der Waals surface area (Å²) >= 11 is 0. The van der Waals surface area contributed by atoms with Crippen molar-refractivity contribution in [3.05, 3.63) is 89.2 Å². The van der Waals surface area contributed by atoms with E-state index in [1.54, 1.807) is 6.07 Å². The summed E-state index contributed by atoms with van der Waals surface area (Å²) in [6.45, 7) is 1.19. The number of halogens is 3. The summed E-state index contributed by atoms with van der Waals surface area (Å²) in [7, 11) is 0. The summed E-state index contributed by atoms with van der Waals surface area (Å²) < 4.78 is 46.5. The van der Waals surface area contributed by atoms with Crippen LogP contribution >= 0.6 is 0 Å². The van der Waals surface area contributed by atoms with Crippen molar-refractivity contribution in [3.8, 4) is 5.75 Å². The monoisotopic (exact) mass is 414 g/mol. The topological polar surface area (TPSA) is 67.4 Å². The third kappa shape index (κ3) is 5.38. The molecule has 0 atom stereocenters. The van der Waals surface area contributed by atoms with Crippen LogP contribution in [0.1, 0.15) is 22.8 Å². The summed E-state index contributed by atoms with van der Waals surface area (Å²) in [5.74, 6) is -2.99. The molecule has 0 aliphatic carbocycles. The number of rotatable bonds is 6. The van der Waals surface area contributed by atoms with E-state index in [0.717, 1.165) is 12.1 Å². The maximum atomic E-state index is 14.3. The van der Waals surface area contributed by atoms with Gasteiger partial charge in [-0.05, 0) is 48.0 Å². The first-order chi connectivity index (χ1) is 14.3. The van der Waals surface area contributed by atoms with Gasteiger partial charge in [-0.25, -0.2) is 13.2 Å². The van der Waals surface area contributed by atoms with Gasteiger partial charge in [-0.15, -0.1) is 0 Å². The van der Waals surface area contributed by atoms with Crippen LogP contribution in [0.25, 0.3) is 0 Å². The molecule has 0 aliphatic rings. The van der Waals surface area contributed by atoms with Gasteiger partial charge in [0.2, 0.25) is 5.91 Å². The van der Waals surface area contributed by atoms with Gasteiger partial charge in [-0.3, -0.25) is 9.59 Å². The van der Waals surface area contributed by atoms with E-state index in [2.05, 4.69) is 10.6 Å². The third-order valence-corrected chi connectivity index (χ3v) is 4.01. The van der Waals surface area contributed by atoms with E-state index in [9.17, 15) is 22.8 Å². The average molecular weight is 414 g/mol. The molecular weight excluding hydrogens is 397 g/mol. The molecule has 0 radical (unpaired) electrons. The minimum Gasteiger partial charge on any atom is -0.486 e. The normalized spacial score (nSPS) is 10.4. The number of carbonyl (C=O) groups is 2. The van der Waals surface area contributed by atoms with Crippen molar-refractivity contribution in [1.82, 2.24) is 0 Å². The second kappa shape index (κ2) is 9.13. The summed E-state index contributed by atoms with van der Waals surface area (Å²) in [4.78, 5) is 23.5. The van der Waals surface area contributed by atoms with Gasteiger partial charge >= 0.3 is 0 Å². The lowest BCUT2D eigenvalue weighted by Gasteiger charge is -2.11. The molecule has 3 aromatic carbocycles. The summed E-state index contributed by atoms with van der Waals surface area (Å²) in [6, 6.07) is 13.0. The molecule has 0 aromatic heterocycles. The molecule has 154 valence electrons. The maximum Gasteiger partial charge on any atom is 0.255 e. The second-order valence-corrected chi connectivity index (χ2v) is 6.39. The molecule has 3 aromatic rings. The van der Waals surface area contributed by atoms with Gasteiger partial charge in [0, 0.05) is 24.2 Å². The Morgan fingerprint density at radius 3 is 2.40 bits per heavy atom. The van der Waals surface area contributed by atoms with Gasteiger partial charge < -0.3 is 15.4 Å². The van der Waals surface area contributed by atoms with Crippen molar-refractivity contribution in [3.63, 3.8) is 0 Å². The second-order valence-electron chi connectivity index (χ2n) is 6.39. The number of hydrogen-bond acceptors (Lipinski definition) is 3. The zero-order valence-corrected chi connectivity index (χ0v) is 15.8. The largest absolute Gasteiger partial charge is 0.486 e. The van der Waals surface area contributed by atoms with Crippen LogP contribution in [0.15, 0.2) is 60.7 Å². The standard InChI is InChI=1S/C22H17F3N2O3/c1-13(28)26-20-10-15(5-7-18(20)24)22(29)27-17-6-8-21(19(25)11-17)30-12-14-3-2-4-16(23)9-14/h2-11H,12H2,1H3,(H,26,28)(H,27,29). The molecule has 0 fully saturated rings. The van der Waals surface area contributed by atoms with Crippen LogP contribution in [-0.4, -0.2) is 11.8 Å². The molecule has 3 rings (SSSR count). The first-order valence-corrected chi connectivity index (χ1v) is 8.87. The number of hydrogen-bond donors (Lipinski definition) is 2. The van der Waals surface area contributed by atoms with Crippen molar-refractivity contribution in [2.24, 2.45) is 0 Å². The SMILES string of the molecule is CC(=O)Nc1cc(C(=O)Nc2ccc(OCc3cccc(F)c3)c(F)c2)ccc1F. The zero-order chi connectivity index (χ0) is 21.7. The van der Waals surface area contributed by atoms with Crippen molar-refractivity contribution in [2.45, 2.75) is 13.5 Å². The number of amides is 2. The van der Waals surface area contributed by atoms with Gasteiger partial charge in [0.05, 0.1) is 5.69 Å². The average Bonchev–Trinajstić information content (AvgIpc) is 2.68. The smallest absolute Gasteiger partial charge is 0.255 e. The lowest BCUT2D eigenvalue weighted by molar-refractivity contribution is -0.114. The molecule has 8 heteroatoms. The Labute approximate surface area is 170 Å². The number of ether oxygens (including phenoxy) is 1. The van der Waals surface area contributed by atoms with Crippen molar-refractivity contribution >= 4 is 23.2 Å². The van der Waals surface area contributed by atoms with Crippen LogP contribution in [0, 0.1) is 17.5 Å². The fourth-order valence-corrected chi connectivity index (χ4v) is 2.64. The van der Waals surface area contributed by atoms with Crippen LogP contribution < -0.4 is 15.4 Å². The van der Waals surface area contributed by atoms with E-state index >= 15 is 0 Å². The predicted octanol–water partition coefficient (Wildman–Crippen LogP) is 4.89. The molecule has 0 saturated heterocycles. The highest BCUT2D eigenvalue weighted by Gasteiger charge is 2.13. The van der Waals surface area contributed by atoms with Gasteiger partial charge in [0.15, 0.2) is 11.6 Å². The highest BCUT2D eigenvalue weighted by Crippen LogP contribution is 2.23. The zero-order valence-electron chi connectivity index (χ0n) is 15.8. The highest BCUT2D eigenvalue weighted by atomic mass is 19.1. The number of benzene rings is 3. The summed E-state index contributed by atoms with van der Waals surface area (Å²) in [5, 5.41) is 4.77. The minimum absolute atomic E-state index is 0.0259. The molecule has 30 heavy (non-hydrogen) atoms. The van der Waals surface area contributed by atoms with Crippen molar-refractivity contribution in [1.29, 1.82) is 0 Å². The summed E-state index contributed by atoms with van der Waals surface area (Å²) in [5.41, 5.74) is 0.633.